The molecule has 0 amide bonds. The lowest BCUT2D eigenvalue weighted by Gasteiger charge is -2.13. The molecule has 0 aliphatic carbocycles. The van der Waals surface area contributed by atoms with Crippen LogP contribution in [-0.4, -0.2) is 9.85 Å². The van der Waals surface area contributed by atoms with Crippen molar-refractivity contribution in [1.82, 2.24) is 0 Å². The summed E-state index contributed by atoms with van der Waals surface area (Å²) in [5.74, 6) is 0.509. The average Bonchev–Trinajstić information content (AvgIpc) is 2.86. The van der Waals surface area contributed by atoms with E-state index < -0.39 is 9.85 Å². The van der Waals surface area contributed by atoms with Crippen molar-refractivity contribution in [2.24, 2.45) is 0 Å². The molecule has 0 N–H and O–H groups in total. The number of allylic oxidation sites excluding steroid dienone is 1. The van der Waals surface area contributed by atoms with Crippen LogP contribution in [-0.2, 0) is 6.61 Å². The van der Waals surface area contributed by atoms with E-state index in [0.29, 0.717) is 16.9 Å². The molecule has 0 saturated heterocycles. The average molecular weight is 451 g/mol. The van der Waals surface area contributed by atoms with Crippen molar-refractivity contribution in [3.63, 3.8) is 0 Å². The molecule has 166 valence electrons. The Hall–Kier alpha value is -5.03. The Bertz CT molecular complexity index is 1470. The fourth-order valence-electron chi connectivity index (χ4n) is 3.54. The zero-order valence-corrected chi connectivity index (χ0v) is 17.8. The fourth-order valence-corrected chi connectivity index (χ4v) is 3.54. The highest BCUT2D eigenvalue weighted by molar-refractivity contribution is 6.00. The highest BCUT2D eigenvalue weighted by Crippen LogP contribution is 2.33. The highest BCUT2D eigenvalue weighted by Gasteiger charge is 2.13. The smallest absolute Gasteiger partial charge is 0.270 e. The summed E-state index contributed by atoms with van der Waals surface area (Å²) in [6.45, 7) is 0.163. The summed E-state index contributed by atoms with van der Waals surface area (Å²) in [5, 5.41) is 33.7. The second kappa shape index (κ2) is 9.63. The third kappa shape index (κ3) is 4.74. The van der Waals surface area contributed by atoms with Gasteiger partial charge in [0.1, 0.15) is 12.4 Å². The van der Waals surface area contributed by atoms with Gasteiger partial charge < -0.3 is 4.74 Å². The van der Waals surface area contributed by atoms with E-state index in [1.54, 1.807) is 30.3 Å². The number of benzene rings is 4. The van der Waals surface area contributed by atoms with Gasteiger partial charge in [0.25, 0.3) is 11.4 Å². The molecule has 8 heteroatoms. The number of hydrogen-bond acceptors (Lipinski definition) is 6. The molecule has 0 bridgehead atoms. The monoisotopic (exact) mass is 451 g/mol. The van der Waals surface area contributed by atoms with Crippen LogP contribution in [0, 0.1) is 31.6 Å². The predicted octanol–water partition coefficient (Wildman–Crippen LogP) is 6.30. The molecule has 4 aromatic carbocycles. The number of nitrogens with zero attached hydrogens (tertiary/aromatic N) is 3. The van der Waals surface area contributed by atoms with Gasteiger partial charge in [-0.05, 0) is 46.2 Å². The van der Waals surface area contributed by atoms with E-state index in [1.165, 1.54) is 30.3 Å². The molecule has 0 atom stereocenters. The molecule has 34 heavy (non-hydrogen) atoms. The molecule has 0 aliphatic heterocycles. The zero-order valence-electron chi connectivity index (χ0n) is 17.8. The normalized spacial score (nSPS) is 11.1. The van der Waals surface area contributed by atoms with Crippen molar-refractivity contribution >= 4 is 33.8 Å². The molecule has 0 heterocycles. The van der Waals surface area contributed by atoms with Gasteiger partial charge in [-0.25, -0.2) is 0 Å². The summed E-state index contributed by atoms with van der Waals surface area (Å²) in [6, 6.07) is 25.4. The van der Waals surface area contributed by atoms with Gasteiger partial charge in [0.05, 0.1) is 21.5 Å². The van der Waals surface area contributed by atoms with Crippen molar-refractivity contribution in [2.75, 3.05) is 0 Å². The van der Waals surface area contributed by atoms with Gasteiger partial charge in [-0.1, -0.05) is 42.5 Å². The van der Waals surface area contributed by atoms with Crippen molar-refractivity contribution < 1.29 is 14.6 Å². The van der Waals surface area contributed by atoms with Crippen molar-refractivity contribution in [2.45, 2.75) is 6.61 Å². The second-order valence-corrected chi connectivity index (χ2v) is 7.39. The summed E-state index contributed by atoms with van der Waals surface area (Å²) < 4.78 is 6.04. The minimum atomic E-state index is -0.505. The number of nitro benzene ring substituents is 2. The van der Waals surface area contributed by atoms with Crippen LogP contribution >= 0.6 is 0 Å². The Balaban J connectivity index is 1.75. The summed E-state index contributed by atoms with van der Waals surface area (Å²) >= 11 is 0. The maximum atomic E-state index is 11.2. The third-order valence-electron chi connectivity index (χ3n) is 5.25. The second-order valence-electron chi connectivity index (χ2n) is 7.39. The molecule has 0 radical (unpaired) electrons. The number of ether oxygens (including phenoxy) is 1. The molecule has 0 unspecified atom stereocenters. The molecule has 0 fully saturated rings. The fraction of sp³-hybridized carbons (Fsp3) is 0.0385. The van der Waals surface area contributed by atoms with E-state index in [4.69, 9.17) is 4.74 Å². The maximum Gasteiger partial charge on any atom is 0.270 e. The van der Waals surface area contributed by atoms with Gasteiger partial charge in [-0.2, -0.15) is 5.26 Å². The van der Waals surface area contributed by atoms with E-state index in [1.807, 2.05) is 30.3 Å². The Kier molecular flexibility index (Phi) is 6.28. The largest absolute Gasteiger partial charge is 0.488 e. The van der Waals surface area contributed by atoms with Crippen molar-refractivity contribution in [3.8, 4) is 11.8 Å². The molecule has 0 saturated carbocycles. The van der Waals surface area contributed by atoms with Gasteiger partial charge in [0.15, 0.2) is 0 Å². The number of rotatable bonds is 7. The lowest BCUT2D eigenvalue weighted by atomic mass is 9.98. The van der Waals surface area contributed by atoms with Gasteiger partial charge in [0, 0.05) is 29.8 Å². The van der Waals surface area contributed by atoms with Gasteiger partial charge >= 0.3 is 0 Å². The summed E-state index contributed by atoms with van der Waals surface area (Å²) in [7, 11) is 0. The Morgan fingerprint density at radius 2 is 1.62 bits per heavy atom. The molecular formula is C26H17N3O5. The van der Waals surface area contributed by atoms with Crippen molar-refractivity contribution in [1.29, 1.82) is 5.26 Å². The highest BCUT2D eigenvalue weighted by atomic mass is 16.6. The molecule has 4 aromatic rings. The SMILES string of the molecule is N#CC(=Cc1c(OCc2ccc([N+](=O)[O-])cc2)ccc2ccccc12)c1cccc([N+](=O)[O-])c1. The predicted molar refractivity (Wildman–Crippen MR) is 128 cm³/mol. The third-order valence-corrected chi connectivity index (χ3v) is 5.25. The number of nitro groups is 2. The van der Waals surface area contributed by atoms with Crippen LogP contribution in [0.1, 0.15) is 16.7 Å². The topological polar surface area (TPSA) is 119 Å². The quantitative estimate of drug-likeness (QED) is 0.141. The first-order valence-corrected chi connectivity index (χ1v) is 10.2. The number of hydrogen-bond donors (Lipinski definition) is 0. The van der Waals surface area contributed by atoms with Crippen LogP contribution < -0.4 is 4.74 Å². The minimum Gasteiger partial charge on any atom is -0.488 e. The Morgan fingerprint density at radius 1 is 0.882 bits per heavy atom. The standard InChI is InChI=1S/C26H17N3O5/c27-16-21(20-5-3-6-23(14-20)29(32)33)15-25-24-7-2-1-4-19(24)10-13-26(25)34-17-18-8-11-22(12-9-18)28(30)31/h1-15H,17H2. The van der Waals surface area contributed by atoms with Crippen molar-refractivity contribution in [3.05, 3.63) is 122 Å². The molecule has 0 aromatic heterocycles. The van der Waals surface area contributed by atoms with E-state index >= 15 is 0 Å². The number of fused-ring (bicyclic) bond motifs is 1. The number of non-ortho nitro benzene ring substituents is 2. The maximum absolute atomic E-state index is 11.2. The van der Waals surface area contributed by atoms with E-state index in [0.717, 1.165) is 16.3 Å². The zero-order chi connectivity index (χ0) is 24.1. The van der Waals surface area contributed by atoms with Gasteiger partial charge in [-0.15, -0.1) is 0 Å². The molecule has 0 spiro atoms. The van der Waals surface area contributed by atoms with E-state index in [9.17, 15) is 25.5 Å². The first-order chi connectivity index (χ1) is 16.5. The molecular weight excluding hydrogens is 434 g/mol. The van der Waals surface area contributed by atoms with Crippen LogP contribution in [0.2, 0.25) is 0 Å². The Labute approximate surface area is 194 Å². The van der Waals surface area contributed by atoms with Gasteiger partial charge in [-0.3, -0.25) is 20.2 Å². The Morgan fingerprint density at radius 3 is 2.32 bits per heavy atom. The summed E-state index contributed by atoms with van der Waals surface area (Å²) in [4.78, 5) is 21.1. The summed E-state index contributed by atoms with van der Waals surface area (Å²) in [6.07, 6.45) is 1.66. The molecule has 8 nitrogen and oxygen atoms in total. The lowest BCUT2D eigenvalue weighted by Crippen LogP contribution is -1.98. The van der Waals surface area contributed by atoms with Crippen LogP contribution in [0.5, 0.6) is 5.75 Å². The molecule has 4 rings (SSSR count). The number of nitriles is 1. The molecule has 0 aliphatic rings. The van der Waals surface area contributed by atoms with Crippen LogP contribution in [0.25, 0.3) is 22.4 Å². The summed E-state index contributed by atoms with van der Waals surface area (Å²) in [5.41, 5.74) is 1.96. The van der Waals surface area contributed by atoms with Crippen LogP contribution in [0.3, 0.4) is 0 Å². The first kappa shape index (κ1) is 22.2. The first-order valence-electron chi connectivity index (χ1n) is 10.2. The van der Waals surface area contributed by atoms with E-state index in [2.05, 4.69) is 6.07 Å². The lowest BCUT2D eigenvalue weighted by molar-refractivity contribution is -0.385. The minimum absolute atomic E-state index is 0.00584. The van der Waals surface area contributed by atoms with E-state index in [-0.39, 0.29) is 23.6 Å². The van der Waals surface area contributed by atoms with Gasteiger partial charge in [0.2, 0.25) is 0 Å². The van der Waals surface area contributed by atoms with Crippen LogP contribution in [0.15, 0.2) is 84.9 Å². The van der Waals surface area contributed by atoms with Crippen LogP contribution in [0.4, 0.5) is 11.4 Å².